The van der Waals surface area contributed by atoms with Gasteiger partial charge in [-0.15, -0.1) is 0 Å². The van der Waals surface area contributed by atoms with Gasteiger partial charge >= 0.3 is 9.05 Å². The van der Waals surface area contributed by atoms with Crippen molar-refractivity contribution in [3.8, 4) is 0 Å². The van der Waals surface area contributed by atoms with Crippen molar-refractivity contribution in [2.45, 2.75) is 0 Å². The minimum absolute atomic E-state index is 0.107. The van der Waals surface area contributed by atoms with E-state index in [1.165, 1.54) is 14.2 Å². The highest BCUT2D eigenvalue weighted by Gasteiger charge is 2.37. The molecule has 0 amide bonds. The highest BCUT2D eigenvalue weighted by Crippen LogP contribution is 1.98. The fourth-order valence-electron chi connectivity index (χ4n) is 0.306. The molecule has 0 aliphatic heterocycles. The van der Waals surface area contributed by atoms with Crippen molar-refractivity contribution in [2.75, 3.05) is 21.0 Å². The lowest BCUT2D eigenvalue weighted by Crippen LogP contribution is -2.45. The normalized spacial score (nSPS) is 12.0. The molecule has 6 heteroatoms. The Labute approximate surface area is 54.8 Å². The molecule has 0 aromatic carbocycles. The summed E-state index contributed by atoms with van der Waals surface area (Å²) in [6.45, 7) is -0.107. The van der Waals surface area contributed by atoms with Gasteiger partial charge in [0.25, 0.3) is 0 Å². The van der Waals surface area contributed by atoms with Gasteiger partial charge in [0.05, 0.1) is 6.73 Å². The van der Waals surface area contributed by atoms with Crippen molar-refractivity contribution in [3.63, 3.8) is 0 Å². The van der Waals surface area contributed by atoms with Crippen LogP contribution in [0.4, 0.5) is 0 Å². The quantitative estimate of drug-likeness (QED) is 0.385. The van der Waals surface area contributed by atoms with Gasteiger partial charge in [0, 0.05) is 14.2 Å². The molecule has 0 bridgehead atoms. The maximum Gasteiger partial charge on any atom is 0.677 e. The zero-order valence-electron chi connectivity index (χ0n) is 5.46. The highest BCUT2D eigenvalue weighted by atomic mass is 28.4. The topological polar surface area (TPSA) is 73.9 Å². The number of nitrogens with two attached hydrogens (primary N) is 1. The Kier molecular flexibility index (Phi) is 3.94. The molecule has 0 spiro atoms. The van der Waals surface area contributed by atoms with Crippen LogP contribution in [0, 0.1) is 0 Å². The second kappa shape index (κ2) is 3.93. The predicted molar refractivity (Wildman–Crippen MR) is 32.1 cm³/mol. The first kappa shape index (κ1) is 9.02. The average molecular weight is 153 g/mol. The van der Waals surface area contributed by atoms with Gasteiger partial charge < -0.3 is 23.8 Å². The summed E-state index contributed by atoms with van der Waals surface area (Å²) in [6, 6.07) is 0. The second-order valence-electron chi connectivity index (χ2n) is 1.24. The maximum absolute atomic E-state index is 9.02. The molecular weight excluding hydrogens is 142 g/mol. The van der Waals surface area contributed by atoms with Gasteiger partial charge in [-0.1, -0.05) is 0 Å². The van der Waals surface area contributed by atoms with E-state index in [9.17, 15) is 0 Å². The Balaban J connectivity index is 3.62. The van der Waals surface area contributed by atoms with Crippen LogP contribution in [0.25, 0.3) is 0 Å². The average Bonchev–Trinajstić information content (AvgIpc) is 1.89. The van der Waals surface area contributed by atoms with Crippen LogP contribution in [0.2, 0.25) is 0 Å². The smallest absolute Gasteiger partial charge is 0.367 e. The minimum atomic E-state index is -3.32. The molecule has 0 aliphatic carbocycles. The lowest BCUT2D eigenvalue weighted by molar-refractivity contribution is 0.0252. The van der Waals surface area contributed by atoms with E-state index in [1.807, 2.05) is 0 Å². The Morgan fingerprint density at radius 2 is 1.89 bits per heavy atom. The Morgan fingerprint density at radius 3 is 2.00 bits per heavy atom. The number of hydrogen-bond acceptors (Lipinski definition) is 5. The van der Waals surface area contributed by atoms with E-state index in [1.54, 1.807) is 0 Å². The van der Waals surface area contributed by atoms with Crippen LogP contribution in [0.1, 0.15) is 0 Å². The first-order valence-corrected chi connectivity index (χ1v) is 4.02. The van der Waals surface area contributed by atoms with E-state index < -0.39 is 9.05 Å². The second-order valence-corrected chi connectivity index (χ2v) is 3.40. The zero-order valence-corrected chi connectivity index (χ0v) is 6.46. The standard InChI is InChI=1S/C3H11NO4Si/c1-6-9(5,7-2)8-3-4/h5H,3-4H2,1-2H3. The van der Waals surface area contributed by atoms with Crippen molar-refractivity contribution in [2.24, 2.45) is 5.73 Å². The van der Waals surface area contributed by atoms with Crippen molar-refractivity contribution < 1.29 is 18.1 Å². The fraction of sp³-hybridized carbons (Fsp3) is 1.00. The zero-order chi connectivity index (χ0) is 7.33. The maximum atomic E-state index is 9.02. The van der Waals surface area contributed by atoms with E-state index >= 15 is 0 Å². The van der Waals surface area contributed by atoms with E-state index in [2.05, 4.69) is 13.3 Å². The van der Waals surface area contributed by atoms with Gasteiger partial charge in [-0.05, 0) is 0 Å². The lowest BCUT2D eigenvalue weighted by Gasteiger charge is -2.16. The van der Waals surface area contributed by atoms with Crippen molar-refractivity contribution >= 4 is 9.05 Å². The first-order chi connectivity index (χ1) is 4.18. The Hall–Kier alpha value is 0.0169. The van der Waals surface area contributed by atoms with Crippen LogP contribution in [-0.2, 0) is 13.3 Å². The number of rotatable bonds is 4. The van der Waals surface area contributed by atoms with E-state index in [-0.39, 0.29) is 6.73 Å². The molecule has 5 nitrogen and oxygen atoms in total. The SMILES string of the molecule is CO[Si](O)(OC)OCN. The summed E-state index contributed by atoms with van der Waals surface area (Å²) < 4.78 is 13.6. The third-order valence-electron chi connectivity index (χ3n) is 0.782. The van der Waals surface area contributed by atoms with Gasteiger partial charge in [0.15, 0.2) is 0 Å². The monoisotopic (exact) mass is 153 g/mol. The Morgan fingerprint density at radius 1 is 1.44 bits per heavy atom. The molecule has 3 N–H and O–H groups in total. The molecule has 0 aromatic heterocycles. The molecule has 0 heterocycles. The summed E-state index contributed by atoms with van der Waals surface area (Å²) in [4.78, 5) is 9.02. The molecule has 0 rings (SSSR count). The predicted octanol–water partition coefficient (Wildman–Crippen LogP) is -1.36. The summed E-state index contributed by atoms with van der Waals surface area (Å²) in [5.41, 5.74) is 4.96. The van der Waals surface area contributed by atoms with Crippen LogP contribution >= 0.6 is 0 Å². The van der Waals surface area contributed by atoms with Crippen LogP contribution in [0.15, 0.2) is 0 Å². The highest BCUT2D eigenvalue weighted by molar-refractivity contribution is 6.51. The van der Waals surface area contributed by atoms with Crippen LogP contribution in [0.3, 0.4) is 0 Å². The van der Waals surface area contributed by atoms with Crippen LogP contribution < -0.4 is 5.73 Å². The van der Waals surface area contributed by atoms with Crippen molar-refractivity contribution in [1.82, 2.24) is 0 Å². The van der Waals surface area contributed by atoms with Gasteiger partial charge in [-0.25, -0.2) is 0 Å². The van der Waals surface area contributed by atoms with Gasteiger partial charge in [-0.3, -0.25) is 0 Å². The van der Waals surface area contributed by atoms with E-state index in [4.69, 9.17) is 10.5 Å². The van der Waals surface area contributed by atoms with Gasteiger partial charge in [-0.2, -0.15) is 0 Å². The molecule has 0 aromatic rings. The summed E-state index contributed by atoms with van der Waals surface area (Å²) in [6.07, 6.45) is 0. The molecule has 0 atom stereocenters. The minimum Gasteiger partial charge on any atom is -0.367 e. The summed E-state index contributed by atoms with van der Waals surface area (Å²) in [5.74, 6) is 0. The van der Waals surface area contributed by atoms with Gasteiger partial charge in [0.2, 0.25) is 0 Å². The van der Waals surface area contributed by atoms with Crippen LogP contribution in [-0.4, -0.2) is 34.8 Å². The van der Waals surface area contributed by atoms with Crippen molar-refractivity contribution in [3.05, 3.63) is 0 Å². The molecule has 0 saturated carbocycles. The first-order valence-electron chi connectivity index (χ1n) is 2.35. The molecule has 0 aliphatic rings. The van der Waals surface area contributed by atoms with Crippen molar-refractivity contribution in [1.29, 1.82) is 0 Å². The molecule has 56 valence electrons. The van der Waals surface area contributed by atoms with E-state index in [0.717, 1.165) is 0 Å². The molecule has 0 radical (unpaired) electrons. The molecule has 0 fully saturated rings. The van der Waals surface area contributed by atoms with Gasteiger partial charge in [0.1, 0.15) is 0 Å². The lowest BCUT2D eigenvalue weighted by atomic mass is 11.4. The summed E-state index contributed by atoms with van der Waals surface area (Å²) >= 11 is 0. The molecule has 0 saturated heterocycles. The summed E-state index contributed by atoms with van der Waals surface area (Å²) in [5, 5.41) is 0. The number of hydrogen-bond donors (Lipinski definition) is 2. The molecule has 9 heavy (non-hydrogen) atoms. The molecule has 0 unspecified atom stereocenters. The third-order valence-corrected chi connectivity index (χ3v) is 2.34. The largest absolute Gasteiger partial charge is 0.677 e. The third kappa shape index (κ3) is 2.89. The van der Waals surface area contributed by atoms with Crippen LogP contribution in [0.5, 0.6) is 0 Å². The fourth-order valence-corrected chi connectivity index (χ4v) is 0.919. The Bertz CT molecular complexity index is 76.2. The summed E-state index contributed by atoms with van der Waals surface area (Å²) in [7, 11) is -0.728. The van der Waals surface area contributed by atoms with E-state index in [0.29, 0.717) is 0 Å². The molecular formula is C3H11NO4Si.